The van der Waals surface area contributed by atoms with Crippen molar-refractivity contribution >= 4 is 21.7 Å². The molecule has 2 rings (SSSR count). The lowest BCUT2D eigenvalue weighted by molar-refractivity contribution is 0.0347. The number of ether oxygens (including phenoxy) is 1. The normalized spacial score (nSPS) is 16.8. The van der Waals surface area contributed by atoms with Gasteiger partial charge in [0.05, 0.1) is 12.7 Å². The average molecular weight is 317 g/mol. The van der Waals surface area contributed by atoms with Gasteiger partial charge in [-0.25, -0.2) is 9.37 Å². The molecule has 3 nitrogen and oxygen atoms in total. The van der Waals surface area contributed by atoms with E-state index in [1.807, 2.05) is 0 Å². The van der Waals surface area contributed by atoms with Gasteiger partial charge in [-0.05, 0) is 34.8 Å². The molecule has 0 spiro atoms. The third-order valence-corrected chi connectivity index (χ3v) is 3.54. The van der Waals surface area contributed by atoms with Crippen molar-refractivity contribution in [3.63, 3.8) is 0 Å². The summed E-state index contributed by atoms with van der Waals surface area (Å²) in [5.41, 5.74) is 0. The highest BCUT2D eigenvalue weighted by Gasteiger charge is 2.13. The second-order valence-corrected chi connectivity index (χ2v) is 5.46. The highest BCUT2D eigenvalue weighted by molar-refractivity contribution is 9.10. The molecule has 0 aliphatic heterocycles. The zero-order valence-electron chi connectivity index (χ0n) is 10.3. The maximum Gasteiger partial charge on any atom is 0.166 e. The number of nitrogens with one attached hydrogen (secondary N) is 1. The summed E-state index contributed by atoms with van der Waals surface area (Å²) >= 11 is 3.18. The van der Waals surface area contributed by atoms with Crippen molar-refractivity contribution in [2.24, 2.45) is 0 Å². The number of pyridine rings is 1. The van der Waals surface area contributed by atoms with Gasteiger partial charge in [-0.15, -0.1) is 0 Å². The zero-order valence-corrected chi connectivity index (χ0v) is 11.9. The molecular weight excluding hydrogens is 299 g/mol. The molecule has 1 N–H and O–H groups in total. The van der Waals surface area contributed by atoms with E-state index < -0.39 is 0 Å². The number of hydrogen-bond acceptors (Lipinski definition) is 3. The van der Waals surface area contributed by atoms with Crippen molar-refractivity contribution in [1.29, 1.82) is 0 Å². The van der Waals surface area contributed by atoms with E-state index in [4.69, 9.17) is 4.74 Å². The third kappa shape index (κ3) is 4.21. The van der Waals surface area contributed by atoms with Crippen LogP contribution in [0.2, 0.25) is 0 Å². The highest BCUT2D eigenvalue weighted by Crippen LogP contribution is 2.20. The molecule has 1 fully saturated rings. The molecule has 0 amide bonds. The third-order valence-electron chi connectivity index (χ3n) is 3.11. The second-order valence-electron chi connectivity index (χ2n) is 4.54. The fourth-order valence-electron chi connectivity index (χ4n) is 2.17. The van der Waals surface area contributed by atoms with Gasteiger partial charge in [-0.2, -0.15) is 0 Å². The molecule has 18 heavy (non-hydrogen) atoms. The maximum absolute atomic E-state index is 13.4. The van der Waals surface area contributed by atoms with Gasteiger partial charge in [-0.3, -0.25) is 0 Å². The van der Waals surface area contributed by atoms with E-state index in [0.717, 1.165) is 12.8 Å². The lowest BCUT2D eigenvalue weighted by Crippen LogP contribution is -2.21. The molecule has 1 aliphatic carbocycles. The Labute approximate surface area is 115 Å². The number of rotatable bonds is 5. The number of hydrogen-bond donors (Lipinski definition) is 1. The van der Waals surface area contributed by atoms with Crippen LogP contribution in [0.4, 0.5) is 10.2 Å². The Morgan fingerprint density at radius 3 is 2.89 bits per heavy atom. The number of anilines is 1. The molecule has 0 aromatic carbocycles. The van der Waals surface area contributed by atoms with Gasteiger partial charge in [0.2, 0.25) is 0 Å². The fraction of sp³-hybridized carbons (Fsp3) is 0.615. The first-order chi connectivity index (χ1) is 8.75. The van der Waals surface area contributed by atoms with E-state index in [9.17, 15) is 4.39 Å². The van der Waals surface area contributed by atoms with Crippen LogP contribution in [-0.4, -0.2) is 24.2 Å². The molecule has 0 radical (unpaired) electrons. The van der Waals surface area contributed by atoms with Crippen LogP contribution in [0.1, 0.15) is 32.1 Å². The summed E-state index contributed by atoms with van der Waals surface area (Å²) in [5.74, 6) is -0.0625. The molecule has 0 atom stereocenters. The van der Waals surface area contributed by atoms with Crippen LogP contribution in [0.5, 0.6) is 0 Å². The predicted molar refractivity (Wildman–Crippen MR) is 73.2 cm³/mol. The Hall–Kier alpha value is -0.680. The van der Waals surface area contributed by atoms with Crippen LogP contribution < -0.4 is 5.32 Å². The van der Waals surface area contributed by atoms with E-state index in [1.54, 1.807) is 6.20 Å². The topological polar surface area (TPSA) is 34.2 Å². The number of nitrogens with zero attached hydrogens (tertiary/aromatic N) is 1. The van der Waals surface area contributed by atoms with Gasteiger partial charge in [-0.1, -0.05) is 19.3 Å². The Morgan fingerprint density at radius 2 is 2.17 bits per heavy atom. The lowest BCUT2D eigenvalue weighted by atomic mass is 9.98. The van der Waals surface area contributed by atoms with Crippen LogP contribution in [0.3, 0.4) is 0 Å². The molecule has 0 unspecified atom stereocenters. The SMILES string of the molecule is Fc1cc(Br)cnc1NCCOC1CCCCC1. The van der Waals surface area contributed by atoms with E-state index in [2.05, 4.69) is 26.2 Å². The zero-order chi connectivity index (χ0) is 12.8. The van der Waals surface area contributed by atoms with Crippen molar-refractivity contribution in [2.45, 2.75) is 38.2 Å². The standard InChI is InChI=1S/C13H18BrFN2O/c14-10-8-12(15)13(17-9-10)16-6-7-18-11-4-2-1-3-5-11/h8-9,11H,1-7H2,(H,16,17). The van der Waals surface area contributed by atoms with Crippen molar-refractivity contribution in [3.05, 3.63) is 22.6 Å². The van der Waals surface area contributed by atoms with Crippen LogP contribution in [0, 0.1) is 5.82 Å². The summed E-state index contributed by atoms with van der Waals surface area (Å²) in [7, 11) is 0. The van der Waals surface area contributed by atoms with Gasteiger partial charge in [0, 0.05) is 17.2 Å². The van der Waals surface area contributed by atoms with E-state index in [1.165, 1.54) is 25.3 Å². The van der Waals surface area contributed by atoms with Crippen molar-refractivity contribution < 1.29 is 9.13 Å². The van der Waals surface area contributed by atoms with Crippen LogP contribution >= 0.6 is 15.9 Å². The summed E-state index contributed by atoms with van der Waals surface area (Å²) in [6, 6.07) is 1.40. The minimum Gasteiger partial charge on any atom is -0.376 e. The average Bonchev–Trinajstić information content (AvgIpc) is 2.38. The maximum atomic E-state index is 13.4. The molecule has 1 aliphatic rings. The molecule has 100 valence electrons. The molecule has 0 bridgehead atoms. The Balaban J connectivity index is 1.68. The molecule has 1 aromatic rings. The summed E-state index contributed by atoms with van der Waals surface area (Å²) < 4.78 is 19.8. The lowest BCUT2D eigenvalue weighted by Gasteiger charge is -2.22. The first kappa shape index (κ1) is 13.7. The summed E-state index contributed by atoms with van der Waals surface area (Å²) in [6.07, 6.45) is 8.14. The Kier molecular flexibility index (Phi) is 5.38. The van der Waals surface area contributed by atoms with E-state index >= 15 is 0 Å². The van der Waals surface area contributed by atoms with Crippen LogP contribution in [0.25, 0.3) is 0 Å². The highest BCUT2D eigenvalue weighted by atomic mass is 79.9. The van der Waals surface area contributed by atoms with Crippen molar-refractivity contribution in [2.75, 3.05) is 18.5 Å². The Bertz CT molecular complexity index is 383. The molecule has 5 heteroatoms. The van der Waals surface area contributed by atoms with E-state index in [0.29, 0.717) is 23.7 Å². The first-order valence-electron chi connectivity index (χ1n) is 6.42. The summed E-state index contributed by atoms with van der Waals surface area (Å²) in [6.45, 7) is 1.18. The Morgan fingerprint density at radius 1 is 1.39 bits per heavy atom. The fourth-order valence-corrected chi connectivity index (χ4v) is 2.47. The first-order valence-corrected chi connectivity index (χ1v) is 7.21. The molecule has 1 saturated carbocycles. The minimum atomic E-state index is -0.345. The second kappa shape index (κ2) is 7.04. The van der Waals surface area contributed by atoms with Gasteiger partial charge >= 0.3 is 0 Å². The van der Waals surface area contributed by atoms with Gasteiger partial charge < -0.3 is 10.1 Å². The number of halogens is 2. The molecular formula is C13H18BrFN2O. The van der Waals surface area contributed by atoms with Crippen molar-refractivity contribution in [1.82, 2.24) is 4.98 Å². The quantitative estimate of drug-likeness (QED) is 0.840. The predicted octanol–water partition coefficient (Wildman–Crippen LogP) is 3.74. The summed E-state index contributed by atoms with van der Waals surface area (Å²) in [4.78, 5) is 3.97. The van der Waals surface area contributed by atoms with Crippen LogP contribution in [-0.2, 0) is 4.74 Å². The van der Waals surface area contributed by atoms with Crippen LogP contribution in [0.15, 0.2) is 16.7 Å². The minimum absolute atomic E-state index is 0.283. The largest absolute Gasteiger partial charge is 0.376 e. The van der Waals surface area contributed by atoms with E-state index in [-0.39, 0.29) is 11.6 Å². The smallest absolute Gasteiger partial charge is 0.166 e. The molecule has 0 saturated heterocycles. The number of aromatic nitrogens is 1. The van der Waals surface area contributed by atoms with Crippen molar-refractivity contribution in [3.8, 4) is 0 Å². The molecule has 1 heterocycles. The molecule has 1 aromatic heterocycles. The van der Waals surface area contributed by atoms with Gasteiger partial charge in [0.1, 0.15) is 0 Å². The monoisotopic (exact) mass is 316 g/mol. The van der Waals surface area contributed by atoms with Gasteiger partial charge in [0.25, 0.3) is 0 Å². The van der Waals surface area contributed by atoms with Gasteiger partial charge in [0.15, 0.2) is 11.6 Å². The summed E-state index contributed by atoms with van der Waals surface area (Å²) in [5, 5.41) is 2.95.